The summed E-state index contributed by atoms with van der Waals surface area (Å²) in [4.78, 5) is 29.2. The van der Waals surface area contributed by atoms with Crippen LogP contribution in [0.1, 0.15) is 63.0 Å². The first-order chi connectivity index (χ1) is 17.2. The lowest BCUT2D eigenvalue weighted by atomic mass is 9.69. The van der Waals surface area contributed by atoms with Gasteiger partial charge in [-0.3, -0.25) is 24.6 Å². The van der Waals surface area contributed by atoms with E-state index < -0.39 is 0 Å². The summed E-state index contributed by atoms with van der Waals surface area (Å²) in [5.41, 5.74) is 2.46. The number of amides is 1. The molecule has 3 aliphatic heterocycles. The molecular weight excluding hydrogens is 434 g/mol. The van der Waals surface area contributed by atoms with Gasteiger partial charge in [-0.05, 0) is 99.7 Å². The number of carbonyl (C=O) groups is 1. The van der Waals surface area contributed by atoms with E-state index in [9.17, 15) is 4.79 Å². The molecule has 3 aliphatic rings. The van der Waals surface area contributed by atoms with E-state index in [4.69, 9.17) is 0 Å². The van der Waals surface area contributed by atoms with Crippen molar-refractivity contribution in [2.75, 3.05) is 26.2 Å². The quantitative estimate of drug-likeness (QED) is 0.539. The maximum Gasteiger partial charge on any atom is 0.222 e. The standard InChI is InChI=1S/C29H41N5O/c1-2-32(20-23-12-15-30-16-13-23)28(35)11-3-10-27-26-9-6-18-33-17-5-8-25(29(26)33)22-34(27)21-24-7-4-14-31-19-24/h4,7,12-16,19,25-27,29H,2-3,5-6,8-11,17-18,20-22H2,1H3/t25-,26+,27+,29-/m0/s1. The van der Waals surface area contributed by atoms with Gasteiger partial charge in [0.15, 0.2) is 0 Å². The number of pyridine rings is 2. The van der Waals surface area contributed by atoms with Crippen LogP contribution in [-0.4, -0.2) is 68.8 Å². The molecular formula is C29H41N5O. The molecule has 3 saturated heterocycles. The number of piperidine rings is 3. The van der Waals surface area contributed by atoms with Gasteiger partial charge < -0.3 is 4.90 Å². The normalized spacial score (nSPS) is 26.8. The molecule has 188 valence electrons. The Labute approximate surface area is 210 Å². The van der Waals surface area contributed by atoms with Gasteiger partial charge in [0, 0.05) is 69.5 Å². The highest BCUT2D eigenvalue weighted by Crippen LogP contribution is 2.43. The smallest absolute Gasteiger partial charge is 0.222 e. The van der Waals surface area contributed by atoms with Gasteiger partial charge in [0.25, 0.3) is 0 Å². The van der Waals surface area contributed by atoms with Gasteiger partial charge in [-0.25, -0.2) is 0 Å². The van der Waals surface area contributed by atoms with Gasteiger partial charge in [-0.2, -0.15) is 0 Å². The third-order valence-electron chi connectivity index (χ3n) is 8.63. The number of carbonyl (C=O) groups excluding carboxylic acids is 1. The van der Waals surface area contributed by atoms with Crippen LogP contribution in [-0.2, 0) is 17.9 Å². The van der Waals surface area contributed by atoms with Crippen molar-refractivity contribution in [3.8, 4) is 0 Å². The molecule has 3 fully saturated rings. The molecule has 6 heteroatoms. The molecule has 2 aromatic rings. The molecule has 0 unspecified atom stereocenters. The van der Waals surface area contributed by atoms with Gasteiger partial charge in [0.2, 0.25) is 5.91 Å². The first-order valence-corrected chi connectivity index (χ1v) is 13.8. The van der Waals surface area contributed by atoms with Crippen LogP contribution in [0.5, 0.6) is 0 Å². The fraction of sp³-hybridized carbons (Fsp3) is 0.621. The van der Waals surface area contributed by atoms with E-state index in [-0.39, 0.29) is 5.91 Å². The van der Waals surface area contributed by atoms with Crippen molar-refractivity contribution in [3.05, 3.63) is 60.2 Å². The van der Waals surface area contributed by atoms with Crippen LogP contribution < -0.4 is 0 Å². The summed E-state index contributed by atoms with van der Waals surface area (Å²) >= 11 is 0. The minimum absolute atomic E-state index is 0.278. The SMILES string of the molecule is CCN(Cc1ccncc1)C(=O)CCC[C@@H]1[C@H]2CCCN3CCC[C@@H](CN1Cc1cccnc1)[C@@H]23. The molecule has 5 rings (SSSR count). The van der Waals surface area contributed by atoms with Gasteiger partial charge >= 0.3 is 0 Å². The van der Waals surface area contributed by atoms with Crippen molar-refractivity contribution in [2.45, 2.75) is 77.0 Å². The number of nitrogens with zero attached hydrogens (tertiary/aromatic N) is 5. The molecule has 1 amide bonds. The Morgan fingerprint density at radius 2 is 1.89 bits per heavy atom. The Hall–Kier alpha value is -2.31. The lowest BCUT2D eigenvalue weighted by molar-refractivity contribution is -0.132. The number of likely N-dealkylation sites (tertiary alicyclic amines) is 1. The molecule has 0 saturated carbocycles. The summed E-state index contributed by atoms with van der Waals surface area (Å²) in [7, 11) is 0. The third-order valence-corrected chi connectivity index (χ3v) is 8.63. The molecule has 0 aliphatic carbocycles. The number of rotatable bonds is 9. The first kappa shape index (κ1) is 24.4. The Morgan fingerprint density at radius 3 is 2.66 bits per heavy atom. The van der Waals surface area contributed by atoms with Crippen LogP contribution in [0.4, 0.5) is 0 Å². The molecule has 6 nitrogen and oxygen atoms in total. The Morgan fingerprint density at radius 1 is 1.06 bits per heavy atom. The Bertz CT molecular complexity index is 937. The predicted octanol–water partition coefficient (Wildman–Crippen LogP) is 4.37. The lowest BCUT2D eigenvalue weighted by Gasteiger charge is -2.57. The van der Waals surface area contributed by atoms with Crippen LogP contribution in [0.2, 0.25) is 0 Å². The van der Waals surface area contributed by atoms with Gasteiger partial charge in [-0.15, -0.1) is 0 Å². The number of hydrogen-bond donors (Lipinski definition) is 0. The van der Waals surface area contributed by atoms with Crippen LogP contribution >= 0.6 is 0 Å². The second-order valence-electron chi connectivity index (χ2n) is 10.7. The average Bonchev–Trinajstić information content (AvgIpc) is 2.90. The predicted molar refractivity (Wildman–Crippen MR) is 138 cm³/mol. The van der Waals surface area contributed by atoms with Crippen molar-refractivity contribution < 1.29 is 4.79 Å². The highest BCUT2D eigenvalue weighted by atomic mass is 16.2. The summed E-state index contributed by atoms with van der Waals surface area (Å²) in [6.45, 7) is 8.24. The molecule has 0 radical (unpaired) electrons. The zero-order valence-electron chi connectivity index (χ0n) is 21.3. The van der Waals surface area contributed by atoms with E-state index in [2.05, 4.69) is 38.8 Å². The lowest BCUT2D eigenvalue weighted by Crippen LogP contribution is -2.64. The van der Waals surface area contributed by atoms with Crippen molar-refractivity contribution in [3.63, 3.8) is 0 Å². The van der Waals surface area contributed by atoms with E-state index in [1.807, 2.05) is 29.4 Å². The first-order valence-electron chi connectivity index (χ1n) is 13.8. The zero-order chi connectivity index (χ0) is 24.0. The van der Waals surface area contributed by atoms with Crippen LogP contribution in [0.3, 0.4) is 0 Å². The molecule has 2 aromatic heterocycles. The van der Waals surface area contributed by atoms with E-state index in [1.54, 1.807) is 12.4 Å². The van der Waals surface area contributed by atoms with Gasteiger partial charge in [0.1, 0.15) is 0 Å². The Kier molecular flexibility index (Phi) is 8.09. The fourth-order valence-electron chi connectivity index (χ4n) is 7.09. The summed E-state index contributed by atoms with van der Waals surface area (Å²) in [6.07, 6.45) is 15.6. The largest absolute Gasteiger partial charge is 0.339 e. The third kappa shape index (κ3) is 5.75. The van der Waals surface area contributed by atoms with Crippen LogP contribution in [0.25, 0.3) is 0 Å². The minimum Gasteiger partial charge on any atom is -0.339 e. The molecule has 0 spiro atoms. The second kappa shape index (κ2) is 11.6. The monoisotopic (exact) mass is 475 g/mol. The summed E-state index contributed by atoms with van der Waals surface area (Å²) < 4.78 is 0. The van der Waals surface area contributed by atoms with E-state index in [1.165, 1.54) is 50.9 Å². The van der Waals surface area contributed by atoms with Crippen molar-refractivity contribution >= 4 is 5.91 Å². The van der Waals surface area contributed by atoms with Crippen molar-refractivity contribution in [2.24, 2.45) is 11.8 Å². The summed E-state index contributed by atoms with van der Waals surface area (Å²) in [5.74, 6) is 1.80. The minimum atomic E-state index is 0.278. The second-order valence-corrected chi connectivity index (χ2v) is 10.7. The van der Waals surface area contributed by atoms with Gasteiger partial charge in [-0.1, -0.05) is 6.07 Å². The van der Waals surface area contributed by atoms with Crippen molar-refractivity contribution in [1.29, 1.82) is 0 Å². The van der Waals surface area contributed by atoms with E-state index >= 15 is 0 Å². The topological polar surface area (TPSA) is 52.6 Å². The van der Waals surface area contributed by atoms with Crippen LogP contribution in [0, 0.1) is 11.8 Å². The molecule has 35 heavy (non-hydrogen) atoms. The highest BCUT2D eigenvalue weighted by molar-refractivity contribution is 5.76. The zero-order valence-corrected chi connectivity index (χ0v) is 21.3. The molecule has 0 aromatic carbocycles. The molecule has 4 atom stereocenters. The number of aromatic nitrogens is 2. The maximum absolute atomic E-state index is 13.1. The van der Waals surface area contributed by atoms with Crippen molar-refractivity contribution in [1.82, 2.24) is 24.7 Å². The molecule has 0 bridgehead atoms. The van der Waals surface area contributed by atoms with Crippen LogP contribution in [0.15, 0.2) is 49.1 Å². The summed E-state index contributed by atoms with van der Waals surface area (Å²) in [6, 6.07) is 9.59. The molecule has 5 heterocycles. The van der Waals surface area contributed by atoms with E-state index in [0.717, 1.165) is 49.4 Å². The fourth-order valence-corrected chi connectivity index (χ4v) is 7.09. The van der Waals surface area contributed by atoms with E-state index in [0.29, 0.717) is 19.0 Å². The van der Waals surface area contributed by atoms with Gasteiger partial charge in [0.05, 0.1) is 0 Å². The average molecular weight is 476 g/mol. The Balaban J connectivity index is 1.25. The molecule has 0 N–H and O–H groups in total. The number of hydrogen-bond acceptors (Lipinski definition) is 5. The maximum atomic E-state index is 13.1. The summed E-state index contributed by atoms with van der Waals surface area (Å²) in [5, 5.41) is 0. The highest BCUT2D eigenvalue weighted by Gasteiger charge is 2.48.